The van der Waals surface area contributed by atoms with Crippen molar-refractivity contribution in [2.45, 2.75) is 6.92 Å². The summed E-state index contributed by atoms with van der Waals surface area (Å²) in [5.41, 5.74) is 0. The fourth-order valence-electron chi connectivity index (χ4n) is 0.344. The summed E-state index contributed by atoms with van der Waals surface area (Å²) in [6, 6.07) is 0. The summed E-state index contributed by atoms with van der Waals surface area (Å²) in [4.78, 5) is 20.6. The second-order valence-corrected chi connectivity index (χ2v) is 2.09. The van der Waals surface area contributed by atoms with E-state index in [0.717, 1.165) is 0 Å². The quantitative estimate of drug-likeness (QED) is 0.613. The third-order valence-corrected chi connectivity index (χ3v) is 1.09. The lowest BCUT2D eigenvalue weighted by molar-refractivity contribution is -0.142. The summed E-state index contributed by atoms with van der Waals surface area (Å²) < 4.78 is 4.48. The normalized spacial score (nSPS) is 11.8. The minimum atomic E-state index is -0.978. The summed E-state index contributed by atoms with van der Waals surface area (Å²) in [6.45, 7) is 1.36. The van der Waals surface area contributed by atoms with E-state index in [1.165, 1.54) is 14.0 Å². The first kappa shape index (κ1) is 9.74. The molecule has 1 unspecified atom stereocenters. The Balaban J connectivity index is 3.54. The Morgan fingerprint density at radius 3 is 2.55 bits per heavy atom. The van der Waals surface area contributed by atoms with Crippen LogP contribution in [-0.2, 0) is 9.53 Å². The third kappa shape index (κ3) is 4.19. The van der Waals surface area contributed by atoms with Gasteiger partial charge >= 0.3 is 12.1 Å². The van der Waals surface area contributed by atoms with E-state index in [9.17, 15) is 9.59 Å². The lowest BCUT2D eigenvalue weighted by Gasteiger charge is -2.06. The third-order valence-electron chi connectivity index (χ3n) is 1.09. The molecule has 0 bridgehead atoms. The zero-order valence-corrected chi connectivity index (χ0v) is 6.46. The lowest BCUT2D eigenvalue weighted by atomic mass is 10.2. The predicted octanol–water partition coefficient (Wildman–Crippen LogP) is 0.0631. The Hall–Kier alpha value is -1.26. The maximum Gasteiger partial charge on any atom is 0.406 e. The van der Waals surface area contributed by atoms with Gasteiger partial charge in [0.2, 0.25) is 0 Å². The van der Waals surface area contributed by atoms with Crippen LogP contribution in [0.25, 0.3) is 0 Å². The van der Waals surface area contributed by atoms with Crippen LogP contribution in [-0.4, -0.2) is 30.8 Å². The molecular weight excluding hydrogens is 150 g/mol. The highest BCUT2D eigenvalue weighted by molar-refractivity contribution is 5.71. The molecule has 5 heteroatoms. The Labute approximate surface area is 64.3 Å². The largest absolute Gasteiger partial charge is 0.481 e. The first-order chi connectivity index (χ1) is 5.07. The highest BCUT2D eigenvalue weighted by atomic mass is 16.5. The van der Waals surface area contributed by atoms with Crippen LogP contribution in [0, 0.1) is 5.92 Å². The maximum absolute atomic E-state index is 10.4. The molecule has 0 fully saturated rings. The van der Waals surface area contributed by atoms with Crippen molar-refractivity contribution in [1.82, 2.24) is 5.32 Å². The smallest absolute Gasteiger partial charge is 0.406 e. The van der Waals surface area contributed by atoms with Gasteiger partial charge in [-0.15, -0.1) is 0 Å². The zero-order valence-electron chi connectivity index (χ0n) is 6.46. The lowest BCUT2D eigenvalue weighted by Crippen LogP contribution is -2.24. The molecule has 0 aliphatic carbocycles. The molecule has 1 amide bonds. The number of carboxylic acid groups (broad SMARTS) is 1. The zero-order chi connectivity index (χ0) is 8.85. The van der Waals surface area contributed by atoms with E-state index in [-0.39, 0.29) is 6.61 Å². The first-order valence-corrected chi connectivity index (χ1v) is 3.15. The van der Waals surface area contributed by atoms with Gasteiger partial charge in [0.15, 0.2) is 0 Å². The van der Waals surface area contributed by atoms with Gasteiger partial charge in [-0.2, -0.15) is 0 Å². The summed E-state index contributed by atoms with van der Waals surface area (Å²) >= 11 is 0. The number of carbonyl (C=O) groups excluding carboxylic acids is 1. The molecule has 0 radical (unpaired) electrons. The molecule has 1 atom stereocenters. The van der Waals surface area contributed by atoms with Crippen LogP contribution in [0.2, 0.25) is 0 Å². The van der Waals surface area contributed by atoms with Crippen molar-refractivity contribution in [1.29, 1.82) is 0 Å². The van der Waals surface area contributed by atoms with E-state index in [0.29, 0.717) is 0 Å². The topological polar surface area (TPSA) is 75.6 Å². The van der Waals surface area contributed by atoms with Crippen LogP contribution in [0.1, 0.15) is 6.92 Å². The summed E-state index contributed by atoms with van der Waals surface area (Å²) in [7, 11) is 1.41. The highest BCUT2D eigenvalue weighted by Crippen LogP contribution is 1.94. The van der Waals surface area contributed by atoms with Crippen LogP contribution in [0.15, 0.2) is 0 Å². The number of amides is 1. The Morgan fingerprint density at radius 2 is 2.18 bits per heavy atom. The van der Waals surface area contributed by atoms with Crippen LogP contribution < -0.4 is 5.32 Å². The van der Waals surface area contributed by atoms with E-state index in [1.54, 1.807) is 0 Å². The molecule has 0 spiro atoms. The van der Waals surface area contributed by atoms with Crippen LogP contribution in [0.3, 0.4) is 0 Å². The number of carboxylic acids is 1. The van der Waals surface area contributed by atoms with Gasteiger partial charge in [-0.3, -0.25) is 4.79 Å². The van der Waals surface area contributed by atoms with Crippen molar-refractivity contribution >= 4 is 12.1 Å². The predicted molar refractivity (Wildman–Crippen MR) is 37.2 cm³/mol. The van der Waals surface area contributed by atoms with Crippen LogP contribution in [0.4, 0.5) is 4.79 Å². The molecule has 0 aromatic rings. The summed E-state index contributed by atoms with van der Waals surface area (Å²) in [6.07, 6.45) is -0.613. The van der Waals surface area contributed by atoms with E-state index in [4.69, 9.17) is 5.11 Å². The molecule has 0 aromatic heterocycles. The van der Waals surface area contributed by atoms with Gasteiger partial charge in [0, 0.05) is 7.05 Å². The molecule has 0 heterocycles. The Bertz CT molecular complexity index is 157. The van der Waals surface area contributed by atoms with Gasteiger partial charge in [0.05, 0.1) is 5.92 Å². The van der Waals surface area contributed by atoms with Crippen molar-refractivity contribution in [3.05, 3.63) is 0 Å². The van der Waals surface area contributed by atoms with E-state index in [1.807, 2.05) is 0 Å². The SMILES string of the molecule is CNC(=O)OCC(C)C(=O)O. The first-order valence-electron chi connectivity index (χ1n) is 3.15. The van der Waals surface area contributed by atoms with Crippen LogP contribution >= 0.6 is 0 Å². The van der Waals surface area contributed by atoms with Gasteiger partial charge in [-0.1, -0.05) is 0 Å². The standard InChI is InChI=1S/C6H11NO4/c1-4(5(8)9)3-11-6(10)7-2/h4H,3H2,1-2H3,(H,7,10)(H,8,9). The molecule has 0 saturated heterocycles. The van der Waals surface area contributed by atoms with Crippen molar-refractivity contribution in [3.63, 3.8) is 0 Å². The van der Waals surface area contributed by atoms with E-state index in [2.05, 4.69) is 10.1 Å². The second-order valence-electron chi connectivity index (χ2n) is 2.09. The molecule has 11 heavy (non-hydrogen) atoms. The van der Waals surface area contributed by atoms with Gasteiger partial charge in [0.25, 0.3) is 0 Å². The highest BCUT2D eigenvalue weighted by Gasteiger charge is 2.12. The Morgan fingerprint density at radius 1 is 1.64 bits per heavy atom. The second kappa shape index (κ2) is 4.54. The molecule has 5 nitrogen and oxygen atoms in total. The number of alkyl carbamates (subject to hydrolysis) is 1. The number of aliphatic carboxylic acids is 1. The maximum atomic E-state index is 10.4. The van der Waals surface area contributed by atoms with Crippen molar-refractivity contribution < 1.29 is 19.4 Å². The number of nitrogens with one attached hydrogen (secondary N) is 1. The molecule has 0 aliphatic heterocycles. The summed E-state index contributed by atoms with van der Waals surface area (Å²) in [5, 5.41) is 10.6. The van der Waals surface area contributed by atoms with Crippen molar-refractivity contribution in [2.24, 2.45) is 5.92 Å². The average molecular weight is 161 g/mol. The molecule has 0 saturated carbocycles. The van der Waals surface area contributed by atoms with Gasteiger partial charge in [-0.25, -0.2) is 4.79 Å². The molecule has 0 aromatic carbocycles. The van der Waals surface area contributed by atoms with Gasteiger partial charge < -0.3 is 15.2 Å². The number of carbonyl (C=O) groups is 2. The molecule has 0 aliphatic rings. The number of rotatable bonds is 3. The fraction of sp³-hybridized carbons (Fsp3) is 0.667. The van der Waals surface area contributed by atoms with E-state index < -0.39 is 18.0 Å². The van der Waals surface area contributed by atoms with Crippen molar-refractivity contribution in [2.75, 3.05) is 13.7 Å². The minimum Gasteiger partial charge on any atom is -0.481 e. The molecule has 0 rings (SSSR count). The molecular formula is C6H11NO4. The number of hydrogen-bond donors (Lipinski definition) is 2. The summed E-state index contributed by atoms with van der Waals surface area (Å²) in [5.74, 6) is -1.64. The number of ether oxygens (including phenoxy) is 1. The van der Waals surface area contributed by atoms with E-state index >= 15 is 0 Å². The molecule has 2 N–H and O–H groups in total. The van der Waals surface area contributed by atoms with Gasteiger partial charge in [0.1, 0.15) is 6.61 Å². The van der Waals surface area contributed by atoms with Crippen LogP contribution in [0.5, 0.6) is 0 Å². The molecule has 64 valence electrons. The Kier molecular flexibility index (Phi) is 4.02. The van der Waals surface area contributed by atoms with Crippen molar-refractivity contribution in [3.8, 4) is 0 Å². The fourth-order valence-corrected chi connectivity index (χ4v) is 0.344. The number of hydrogen-bond acceptors (Lipinski definition) is 3. The minimum absolute atomic E-state index is 0.102. The average Bonchev–Trinajstić information content (AvgIpc) is 1.99. The van der Waals surface area contributed by atoms with Gasteiger partial charge in [-0.05, 0) is 6.92 Å². The monoisotopic (exact) mass is 161 g/mol.